The van der Waals surface area contributed by atoms with Gasteiger partial charge in [-0.25, -0.2) is 0 Å². The van der Waals surface area contributed by atoms with E-state index >= 15 is 0 Å². The first-order valence-corrected chi connectivity index (χ1v) is 16.3. The molecule has 6 rings (SSSR count). The minimum atomic E-state index is -5.04. The Kier molecular flexibility index (Phi) is 9.79. The molecule has 3 aliphatic heterocycles. The van der Waals surface area contributed by atoms with Crippen LogP contribution in [0.15, 0.2) is 72.8 Å². The van der Waals surface area contributed by atoms with Gasteiger partial charge < -0.3 is 9.80 Å². The summed E-state index contributed by atoms with van der Waals surface area (Å²) in [5.74, 6) is -0.919. The average Bonchev–Trinajstić information content (AvgIpc) is 3.04. The van der Waals surface area contributed by atoms with Crippen LogP contribution in [0.25, 0.3) is 0 Å². The SMILES string of the molecule is O=C(c1ccccc1Cl)N1CC(N2CCN(C3CCN(C(=O)c4cc(C(F)(F)F)cc(C(F)(F)F)c4)C(Cc4ccccc4)C3)CC2)C1. The van der Waals surface area contributed by atoms with Crippen LogP contribution in [0.2, 0.25) is 5.02 Å². The van der Waals surface area contributed by atoms with Gasteiger partial charge >= 0.3 is 12.4 Å². The van der Waals surface area contributed by atoms with Gasteiger partial charge in [-0.3, -0.25) is 19.4 Å². The molecule has 3 aliphatic rings. The molecule has 0 N–H and O–H groups in total. The van der Waals surface area contributed by atoms with Crippen molar-refractivity contribution < 1.29 is 35.9 Å². The first-order chi connectivity index (χ1) is 22.8. The van der Waals surface area contributed by atoms with Gasteiger partial charge in [0.2, 0.25) is 0 Å². The van der Waals surface area contributed by atoms with Gasteiger partial charge in [0.05, 0.1) is 21.7 Å². The van der Waals surface area contributed by atoms with E-state index < -0.39 is 41.0 Å². The van der Waals surface area contributed by atoms with E-state index in [9.17, 15) is 35.9 Å². The molecule has 48 heavy (non-hydrogen) atoms. The summed E-state index contributed by atoms with van der Waals surface area (Å²) in [6.45, 7) is 4.59. The van der Waals surface area contributed by atoms with Crippen molar-refractivity contribution in [1.29, 1.82) is 0 Å². The molecule has 3 fully saturated rings. The molecule has 2 atom stereocenters. The number of nitrogens with zero attached hydrogens (tertiary/aromatic N) is 4. The van der Waals surface area contributed by atoms with E-state index in [1.807, 2.05) is 30.3 Å². The van der Waals surface area contributed by atoms with E-state index in [-0.39, 0.29) is 30.6 Å². The van der Waals surface area contributed by atoms with Crippen molar-refractivity contribution in [2.45, 2.75) is 49.7 Å². The lowest BCUT2D eigenvalue weighted by Gasteiger charge is -2.50. The van der Waals surface area contributed by atoms with Crippen molar-refractivity contribution in [1.82, 2.24) is 19.6 Å². The Morgan fingerprint density at radius 1 is 0.708 bits per heavy atom. The molecular weight excluding hydrogens is 658 g/mol. The zero-order valence-corrected chi connectivity index (χ0v) is 26.7. The van der Waals surface area contributed by atoms with Crippen LogP contribution in [-0.4, -0.2) is 95.4 Å². The third kappa shape index (κ3) is 7.50. The van der Waals surface area contributed by atoms with Gasteiger partial charge in [-0.15, -0.1) is 0 Å². The molecule has 2 amide bonds. The van der Waals surface area contributed by atoms with E-state index in [1.165, 1.54) is 4.90 Å². The molecule has 13 heteroatoms. The third-order valence-electron chi connectivity index (χ3n) is 9.73. The molecule has 0 radical (unpaired) electrons. The third-order valence-corrected chi connectivity index (χ3v) is 10.1. The normalized spacial score (nSPS) is 21.6. The maximum atomic E-state index is 13.7. The Morgan fingerprint density at radius 2 is 1.27 bits per heavy atom. The molecule has 0 spiro atoms. The number of piperidine rings is 1. The van der Waals surface area contributed by atoms with Gasteiger partial charge in [-0.1, -0.05) is 54.1 Å². The van der Waals surface area contributed by atoms with Gasteiger partial charge in [0.25, 0.3) is 11.8 Å². The molecule has 3 heterocycles. The minimum absolute atomic E-state index is 0.0437. The van der Waals surface area contributed by atoms with E-state index in [4.69, 9.17) is 11.6 Å². The van der Waals surface area contributed by atoms with Crippen LogP contribution in [0.3, 0.4) is 0 Å². The van der Waals surface area contributed by atoms with Crippen LogP contribution >= 0.6 is 11.6 Å². The number of halogens is 7. The topological polar surface area (TPSA) is 47.1 Å². The van der Waals surface area contributed by atoms with E-state index in [2.05, 4.69) is 9.80 Å². The fraction of sp³-hybridized carbons (Fsp3) is 0.429. The van der Waals surface area contributed by atoms with Crippen molar-refractivity contribution in [3.05, 3.63) is 106 Å². The number of benzene rings is 3. The number of amides is 2. The van der Waals surface area contributed by atoms with Gasteiger partial charge in [0, 0.05) is 69.5 Å². The van der Waals surface area contributed by atoms with Gasteiger partial charge in [-0.2, -0.15) is 26.3 Å². The summed E-state index contributed by atoms with van der Waals surface area (Å²) < 4.78 is 81.5. The molecular formula is C35H35ClF6N4O2. The predicted octanol–water partition coefficient (Wildman–Crippen LogP) is 6.74. The van der Waals surface area contributed by atoms with Crippen molar-refractivity contribution in [3.8, 4) is 0 Å². The number of rotatable bonds is 6. The highest BCUT2D eigenvalue weighted by Gasteiger charge is 2.41. The zero-order valence-electron chi connectivity index (χ0n) is 26.0. The molecule has 2 unspecified atom stereocenters. The highest BCUT2D eigenvalue weighted by atomic mass is 35.5. The number of carbonyl (C=O) groups excluding carboxylic acids is 2. The molecule has 6 nitrogen and oxygen atoms in total. The number of alkyl halides is 6. The standard InChI is InChI=1S/C35H35ClF6N4O2/c36-31-9-5-4-8-30(31)33(48)45-21-29(22-45)44-14-12-43(13-15-44)27-10-11-46(28(20-27)16-23-6-2-1-3-7-23)32(47)24-17-25(34(37,38)39)19-26(18-24)35(40,41)42/h1-9,17-19,27-29H,10-16,20-22H2. The fourth-order valence-electron chi connectivity index (χ4n) is 7.08. The second-order valence-electron chi connectivity index (χ2n) is 12.7. The van der Waals surface area contributed by atoms with Crippen molar-refractivity contribution in [2.75, 3.05) is 45.8 Å². The summed E-state index contributed by atoms with van der Waals surface area (Å²) in [5, 5.41) is 0.429. The molecule has 3 aromatic carbocycles. The summed E-state index contributed by atoms with van der Waals surface area (Å²) in [4.78, 5) is 34.6. The molecule has 0 aliphatic carbocycles. The Balaban J connectivity index is 1.12. The summed E-state index contributed by atoms with van der Waals surface area (Å²) >= 11 is 6.21. The van der Waals surface area contributed by atoms with Crippen LogP contribution < -0.4 is 0 Å². The van der Waals surface area contributed by atoms with Crippen LogP contribution in [0.5, 0.6) is 0 Å². The van der Waals surface area contributed by atoms with Crippen molar-refractivity contribution >= 4 is 23.4 Å². The molecule has 0 aromatic heterocycles. The molecule has 256 valence electrons. The smallest absolute Gasteiger partial charge is 0.335 e. The van der Waals surface area contributed by atoms with E-state index in [0.717, 1.165) is 31.7 Å². The predicted molar refractivity (Wildman–Crippen MR) is 169 cm³/mol. The van der Waals surface area contributed by atoms with Gasteiger partial charge in [0.1, 0.15) is 0 Å². The summed E-state index contributed by atoms with van der Waals surface area (Å²) in [5.41, 5.74) is -2.21. The van der Waals surface area contributed by atoms with Crippen LogP contribution in [0.4, 0.5) is 26.3 Å². The monoisotopic (exact) mass is 692 g/mol. The molecule has 0 bridgehead atoms. The average molecular weight is 693 g/mol. The van der Waals surface area contributed by atoms with E-state index in [0.29, 0.717) is 55.1 Å². The Bertz CT molecular complexity index is 1590. The second kappa shape index (κ2) is 13.7. The summed E-state index contributed by atoms with van der Waals surface area (Å²) in [6, 6.07) is 17.4. The Labute approximate surface area is 279 Å². The second-order valence-corrected chi connectivity index (χ2v) is 13.1. The minimum Gasteiger partial charge on any atom is -0.335 e. The maximum absolute atomic E-state index is 13.7. The highest BCUT2D eigenvalue weighted by Crippen LogP contribution is 2.37. The summed E-state index contributed by atoms with van der Waals surface area (Å²) in [7, 11) is 0. The van der Waals surface area contributed by atoms with Crippen LogP contribution in [0.1, 0.15) is 50.2 Å². The van der Waals surface area contributed by atoms with Crippen molar-refractivity contribution in [2.24, 2.45) is 0 Å². The number of hydrogen-bond donors (Lipinski definition) is 0. The molecule has 3 saturated heterocycles. The van der Waals surface area contributed by atoms with Crippen LogP contribution in [0, 0.1) is 0 Å². The lowest BCUT2D eigenvalue weighted by Crippen LogP contribution is -2.65. The fourth-order valence-corrected chi connectivity index (χ4v) is 7.29. The lowest BCUT2D eigenvalue weighted by molar-refractivity contribution is -0.143. The van der Waals surface area contributed by atoms with Crippen molar-refractivity contribution in [3.63, 3.8) is 0 Å². The Morgan fingerprint density at radius 3 is 1.85 bits per heavy atom. The van der Waals surface area contributed by atoms with Crippen LogP contribution in [-0.2, 0) is 18.8 Å². The zero-order chi connectivity index (χ0) is 34.2. The first-order valence-electron chi connectivity index (χ1n) is 15.9. The van der Waals surface area contributed by atoms with E-state index in [1.54, 1.807) is 29.2 Å². The Hall–Kier alpha value is -3.61. The maximum Gasteiger partial charge on any atom is 0.416 e. The largest absolute Gasteiger partial charge is 0.416 e. The quantitative estimate of drug-likeness (QED) is 0.269. The lowest BCUT2D eigenvalue weighted by atomic mass is 9.90. The first kappa shape index (κ1) is 34.3. The summed E-state index contributed by atoms with van der Waals surface area (Å²) in [6.07, 6.45) is -8.58. The number of likely N-dealkylation sites (tertiary alicyclic amines) is 2. The number of piperazine rings is 1. The van der Waals surface area contributed by atoms with Gasteiger partial charge in [-0.05, 0) is 55.2 Å². The number of carbonyl (C=O) groups is 2. The molecule has 0 saturated carbocycles. The molecule has 3 aromatic rings. The highest BCUT2D eigenvalue weighted by molar-refractivity contribution is 6.33. The van der Waals surface area contributed by atoms with Gasteiger partial charge in [0.15, 0.2) is 0 Å². The number of hydrogen-bond acceptors (Lipinski definition) is 4.